The van der Waals surface area contributed by atoms with E-state index in [4.69, 9.17) is 5.84 Å². The molecule has 2 aromatic carbocycles. The molecule has 0 saturated carbocycles. The van der Waals surface area contributed by atoms with Crippen LogP contribution in [0.15, 0.2) is 30.3 Å². The first-order chi connectivity index (χ1) is 9.47. The lowest BCUT2D eigenvalue weighted by Gasteiger charge is -2.21. The maximum atomic E-state index is 14.3. The Morgan fingerprint density at radius 3 is 2.35 bits per heavy atom. The predicted molar refractivity (Wildman–Crippen MR) is 76.2 cm³/mol. The number of hydrazine groups is 1. The fraction of sp³-hybridized carbons (Fsp3) is 0.250. The zero-order valence-electron chi connectivity index (χ0n) is 11.8. The Morgan fingerprint density at radius 2 is 1.70 bits per heavy atom. The minimum Gasteiger partial charge on any atom is -0.271 e. The minimum atomic E-state index is -0.713. The molecular formula is C16H18F2N2. The Labute approximate surface area is 117 Å². The van der Waals surface area contributed by atoms with E-state index in [1.54, 1.807) is 6.92 Å². The second-order valence-corrected chi connectivity index (χ2v) is 4.98. The van der Waals surface area contributed by atoms with Crippen molar-refractivity contribution >= 4 is 0 Å². The molecule has 0 aliphatic carbocycles. The second-order valence-electron chi connectivity index (χ2n) is 4.98. The summed E-state index contributed by atoms with van der Waals surface area (Å²) in [4.78, 5) is 0. The van der Waals surface area contributed by atoms with Gasteiger partial charge in [-0.15, -0.1) is 0 Å². The standard InChI is InChI=1S/C16H18F2N2/c1-9-5-4-6-12(11(9)3)16(20-19)14-13(17)8-7-10(2)15(14)18/h4-8,16,20H,19H2,1-3H3. The van der Waals surface area contributed by atoms with Crippen LogP contribution in [0, 0.1) is 32.4 Å². The number of aryl methyl sites for hydroxylation is 2. The summed E-state index contributed by atoms with van der Waals surface area (Å²) in [7, 11) is 0. The van der Waals surface area contributed by atoms with Crippen LogP contribution in [0.3, 0.4) is 0 Å². The van der Waals surface area contributed by atoms with Crippen molar-refractivity contribution in [1.82, 2.24) is 5.43 Å². The molecule has 1 unspecified atom stereocenters. The monoisotopic (exact) mass is 276 g/mol. The van der Waals surface area contributed by atoms with Gasteiger partial charge in [0.15, 0.2) is 0 Å². The first-order valence-corrected chi connectivity index (χ1v) is 6.44. The summed E-state index contributed by atoms with van der Waals surface area (Å²) in [5.74, 6) is 4.40. The lowest BCUT2D eigenvalue weighted by Crippen LogP contribution is -2.31. The summed E-state index contributed by atoms with van der Waals surface area (Å²) < 4.78 is 28.3. The van der Waals surface area contributed by atoms with Gasteiger partial charge in [-0.1, -0.05) is 24.3 Å². The molecule has 4 heteroatoms. The van der Waals surface area contributed by atoms with Crippen LogP contribution >= 0.6 is 0 Å². The van der Waals surface area contributed by atoms with Gasteiger partial charge in [0.05, 0.1) is 6.04 Å². The number of rotatable bonds is 3. The first-order valence-electron chi connectivity index (χ1n) is 6.44. The third-order valence-corrected chi connectivity index (χ3v) is 3.73. The number of hydrogen-bond acceptors (Lipinski definition) is 2. The topological polar surface area (TPSA) is 38.0 Å². The van der Waals surface area contributed by atoms with Crippen molar-refractivity contribution in [3.8, 4) is 0 Å². The largest absolute Gasteiger partial charge is 0.271 e. The number of nitrogens with one attached hydrogen (secondary N) is 1. The number of hydrogen-bond donors (Lipinski definition) is 2. The van der Waals surface area contributed by atoms with Gasteiger partial charge in [0, 0.05) is 5.56 Å². The lowest BCUT2D eigenvalue weighted by atomic mass is 9.91. The number of benzene rings is 2. The maximum absolute atomic E-state index is 14.3. The van der Waals surface area contributed by atoms with Gasteiger partial charge in [0.1, 0.15) is 11.6 Å². The van der Waals surface area contributed by atoms with Gasteiger partial charge in [0.2, 0.25) is 0 Å². The van der Waals surface area contributed by atoms with Crippen molar-refractivity contribution < 1.29 is 8.78 Å². The molecular weight excluding hydrogens is 258 g/mol. The van der Waals surface area contributed by atoms with Crippen LogP contribution in [-0.2, 0) is 0 Å². The molecule has 2 rings (SSSR count). The highest BCUT2D eigenvalue weighted by Crippen LogP contribution is 2.30. The van der Waals surface area contributed by atoms with E-state index in [1.165, 1.54) is 12.1 Å². The molecule has 20 heavy (non-hydrogen) atoms. The summed E-state index contributed by atoms with van der Waals surface area (Å²) >= 11 is 0. The van der Waals surface area contributed by atoms with Gasteiger partial charge in [-0.25, -0.2) is 14.2 Å². The zero-order valence-corrected chi connectivity index (χ0v) is 11.8. The molecule has 106 valence electrons. The molecule has 0 heterocycles. The van der Waals surface area contributed by atoms with Gasteiger partial charge in [-0.05, 0) is 49.1 Å². The van der Waals surface area contributed by atoms with Crippen LogP contribution in [0.2, 0.25) is 0 Å². The molecule has 2 aromatic rings. The minimum absolute atomic E-state index is 0.0406. The molecule has 1 atom stereocenters. The molecule has 0 fully saturated rings. The highest BCUT2D eigenvalue weighted by atomic mass is 19.1. The summed E-state index contributed by atoms with van der Waals surface area (Å²) in [5.41, 5.74) is 5.68. The molecule has 0 saturated heterocycles. The number of nitrogens with two attached hydrogens (primary N) is 1. The Balaban J connectivity index is 2.65. The van der Waals surface area contributed by atoms with Crippen molar-refractivity contribution in [2.45, 2.75) is 26.8 Å². The summed E-state index contributed by atoms with van der Waals surface area (Å²) in [6.45, 7) is 5.48. The SMILES string of the molecule is Cc1cccc(C(NN)c2c(F)ccc(C)c2F)c1C. The quantitative estimate of drug-likeness (QED) is 0.665. The normalized spacial score (nSPS) is 12.5. The van der Waals surface area contributed by atoms with Gasteiger partial charge in [0.25, 0.3) is 0 Å². The van der Waals surface area contributed by atoms with Crippen LogP contribution in [-0.4, -0.2) is 0 Å². The Bertz CT molecular complexity index is 639. The van der Waals surface area contributed by atoms with Gasteiger partial charge < -0.3 is 0 Å². The van der Waals surface area contributed by atoms with Crippen molar-refractivity contribution in [2.75, 3.05) is 0 Å². The van der Waals surface area contributed by atoms with Crippen LogP contribution in [0.25, 0.3) is 0 Å². The van der Waals surface area contributed by atoms with E-state index in [9.17, 15) is 8.78 Å². The molecule has 0 aromatic heterocycles. The fourth-order valence-electron chi connectivity index (χ4n) is 2.36. The average molecular weight is 276 g/mol. The fourth-order valence-corrected chi connectivity index (χ4v) is 2.36. The highest BCUT2D eigenvalue weighted by Gasteiger charge is 2.23. The van der Waals surface area contributed by atoms with Gasteiger partial charge in [-0.3, -0.25) is 5.84 Å². The molecule has 0 aliphatic rings. The van der Waals surface area contributed by atoms with Crippen molar-refractivity contribution in [1.29, 1.82) is 0 Å². The van der Waals surface area contributed by atoms with Crippen LogP contribution < -0.4 is 11.3 Å². The molecule has 0 bridgehead atoms. The van der Waals surface area contributed by atoms with Crippen molar-refractivity contribution in [3.63, 3.8) is 0 Å². The summed E-state index contributed by atoms with van der Waals surface area (Å²) in [5, 5.41) is 0. The van der Waals surface area contributed by atoms with E-state index in [-0.39, 0.29) is 5.56 Å². The molecule has 0 aliphatic heterocycles. The molecule has 0 spiro atoms. The van der Waals surface area contributed by atoms with Crippen molar-refractivity contribution in [2.24, 2.45) is 5.84 Å². The van der Waals surface area contributed by atoms with Crippen LogP contribution in [0.1, 0.15) is 33.9 Å². The van der Waals surface area contributed by atoms with Crippen molar-refractivity contribution in [3.05, 3.63) is 69.8 Å². The summed E-state index contributed by atoms with van der Waals surface area (Å²) in [6.07, 6.45) is 0. The van der Waals surface area contributed by atoms with E-state index >= 15 is 0 Å². The smallest absolute Gasteiger partial charge is 0.134 e. The Morgan fingerprint density at radius 1 is 1.00 bits per heavy atom. The molecule has 0 amide bonds. The molecule has 3 N–H and O–H groups in total. The Kier molecular flexibility index (Phi) is 4.16. The van der Waals surface area contributed by atoms with Gasteiger partial charge >= 0.3 is 0 Å². The van der Waals surface area contributed by atoms with Crippen LogP contribution in [0.5, 0.6) is 0 Å². The first kappa shape index (κ1) is 14.6. The van der Waals surface area contributed by atoms with E-state index in [1.807, 2.05) is 32.0 Å². The average Bonchev–Trinajstić information content (AvgIpc) is 2.43. The summed E-state index contributed by atoms with van der Waals surface area (Å²) in [6, 6.07) is 7.61. The van der Waals surface area contributed by atoms with E-state index in [0.717, 1.165) is 16.7 Å². The third kappa shape index (κ3) is 2.44. The maximum Gasteiger partial charge on any atom is 0.134 e. The van der Waals surface area contributed by atoms with Gasteiger partial charge in [-0.2, -0.15) is 0 Å². The lowest BCUT2D eigenvalue weighted by molar-refractivity contribution is 0.505. The highest BCUT2D eigenvalue weighted by molar-refractivity contribution is 5.42. The van der Waals surface area contributed by atoms with E-state index in [0.29, 0.717) is 5.56 Å². The van der Waals surface area contributed by atoms with E-state index in [2.05, 4.69) is 5.43 Å². The second kappa shape index (κ2) is 5.69. The zero-order chi connectivity index (χ0) is 14.9. The third-order valence-electron chi connectivity index (χ3n) is 3.73. The van der Waals surface area contributed by atoms with Crippen LogP contribution in [0.4, 0.5) is 8.78 Å². The Hall–Kier alpha value is -1.78. The molecule has 2 nitrogen and oxygen atoms in total. The molecule has 0 radical (unpaired) electrons. The van der Waals surface area contributed by atoms with E-state index < -0.39 is 17.7 Å². The predicted octanol–water partition coefficient (Wildman–Crippen LogP) is 3.44. The number of halogens is 2.